The zero-order chi connectivity index (χ0) is 22.2. The second-order valence-electron chi connectivity index (χ2n) is 6.90. The van der Waals surface area contributed by atoms with Gasteiger partial charge < -0.3 is 14.2 Å². The van der Waals surface area contributed by atoms with Gasteiger partial charge in [0, 0.05) is 11.3 Å². The van der Waals surface area contributed by atoms with Crippen LogP contribution < -0.4 is 5.32 Å². The van der Waals surface area contributed by atoms with Crippen molar-refractivity contribution >= 4 is 57.5 Å². The van der Waals surface area contributed by atoms with Gasteiger partial charge in [0.1, 0.15) is 11.3 Å². The van der Waals surface area contributed by atoms with Crippen LogP contribution in [0, 0.1) is 0 Å². The van der Waals surface area contributed by atoms with Crippen LogP contribution in [0.1, 0.15) is 10.6 Å². The predicted molar refractivity (Wildman–Crippen MR) is 127 cm³/mol. The zero-order valence-corrected chi connectivity index (χ0v) is 18.5. The molecule has 0 saturated carbocycles. The van der Waals surface area contributed by atoms with Crippen molar-refractivity contribution in [3.63, 3.8) is 0 Å². The Bertz CT molecular complexity index is 1440. The monoisotopic (exact) mass is 482 g/mol. The fourth-order valence-corrected chi connectivity index (χ4v) is 3.84. The molecule has 0 unspecified atom stereocenters. The molecular weight excluding hydrogens is 471 g/mol. The van der Waals surface area contributed by atoms with E-state index in [-0.39, 0.29) is 5.76 Å². The highest BCUT2D eigenvalue weighted by Crippen LogP contribution is 2.35. The molecule has 0 saturated heterocycles. The summed E-state index contributed by atoms with van der Waals surface area (Å²) in [6.45, 7) is 0. The van der Waals surface area contributed by atoms with Crippen molar-refractivity contribution < 1.29 is 13.6 Å². The van der Waals surface area contributed by atoms with Crippen LogP contribution in [0.2, 0.25) is 15.1 Å². The Balaban J connectivity index is 1.41. The highest BCUT2D eigenvalue weighted by atomic mass is 35.5. The maximum Gasteiger partial charge on any atom is 0.291 e. The number of aromatic nitrogens is 1. The van der Waals surface area contributed by atoms with E-state index in [1.807, 2.05) is 24.3 Å². The topological polar surface area (TPSA) is 68.3 Å². The Morgan fingerprint density at radius 1 is 0.812 bits per heavy atom. The van der Waals surface area contributed by atoms with Crippen LogP contribution in [-0.4, -0.2) is 10.9 Å². The number of nitrogens with one attached hydrogen (secondary N) is 1. The van der Waals surface area contributed by atoms with E-state index in [2.05, 4.69) is 10.3 Å². The van der Waals surface area contributed by atoms with E-state index in [4.69, 9.17) is 43.6 Å². The molecule has 1 N–H and O–H groups in total. The SMILES string of the molecule is O=C(Nc1ccc(Cl)c(-c2nc3ccccc3o2)c1)c1ccc(-c2cccc(Cl)c2Cl)o1. The molecule has 2 aromatic heterocycles. The zero-order valence-electron chi connectivity index (χ0n) is 16.2. The molecule has 3 aromatic carbocycles. The van der Waals surface area contributed by atoms with Gasteiger partial charge in [0.05, 0.1) is 20.6 Å². The molecule has 2 heterocycles. The number of anilines is 1. The summed E-state index contributed by atoms with van der Waals surface area (Å²) in [4.78, 5) is 17.2. The van der Waals surface area contributed by atoms with E-state index in [0.717, 1.165) is 5.52 Å². The number of benzene rings is 3. The minimum absolute atomic E-state index is 0.120. The highest BCUT2D eigenvalue weighted by Gasteiger charge is 2.17. The van der Waals surface area contributed by atoms with Gasteiger partial charge in [-0.25, -0.2) is 4.98 Å². The molecular formula is C24H13Cl3N2O3. The number of halogens is 3. The van der Waals surface area contributed by atoms with Crippen molar-refractivity contribution in [2.45, 2.75) is 0 Å². The molecule has 0 aliphatic carbocycles. The van der Waals surface area contributed by atoms with Crippen molar-refractivity contribution in [1.29, 1.82) is 0 Å². The first-order valence-corrected chi connectivity index (χ1v) is 10.6. The molecule has 8 heteroatoms. The number of furan rings is 1. The van der Waals surface area contributed by atoms with Gasteiger partial charge in [0.25, 0.3) is 5.91 Å². The van der Waals surface area contributed by atoms with Crippen LogP contribution in [0.25, 0.3) is 33.9 Å². The first-order valence-electron chi connectivity index (χ1n) is 9.50. The summed E-state index contributed by atoms with van der Waals surface area (Å²) in [5.74, 6) is 0.490. The predicted octanol–water partition coefficient (Wildman–Crippen LogP) is 7.97. The molecule has 0 aliphatic rings. The summed E-state index contributed by atoms with van der Waals surface area (Å²) in [5, 5.41) is 4.01. The molecule has 0 spiro atoms. The number of oxazole rings is 1. The van der Waals surface area contributed by atoms with Gasteiger partial charge in [-0.2, -0.15) is 0 Å². The van der Waals surface area contributed by atoms with E-state index in [9.17, 15) is 4.79 Å². The second-order valence-corrected chi connectivity index (χ2v) is 8.09. The molecule has 32 heavy (non-hydrogen) atoms. The first-order chi connectivity index (χ1) is 15.5. The van der Waals surface area contributed by atoms with Crippen LogP contribution in [-0.2, 0) is 0 Å². The van der Waals surface area contributed by atoms with Crippen LogP contribution >= 0.6 is 34.8 Å². The summed E-state index contributed by atoms with van der Waals surface area (Å²) in [6.07, 6.45) is 0. The van der Waals surface area contributed by atoms with Crippen LogP contribution in [0.5, 0.6) is 0 Å². The molecule has 5 rings (SSSR count). The van der Waals surface area contributed by atoms with E-state index in [1.54, 1.807) is 48.5 Å². The molecule has 0 aliphatic heterocycles. The number of carbonyl (C=O) groups excluding carboxylic acids is 1. The second kappa shape index (κ2) is 8.36. The number of fused-ring (bicyclic) bond motifs is 1. The fourth-order valence-electron chi connectivity index (χ4n) is 3.25. The third-order valence-corrected chi connectivity index (χ3v) is 5.94. The summed E-state index contributed by atoms with van der Waals surface area (Å²) in [6, 6.07) is 20.9. The highest BCUT2D eigenvalue weighted by molar-refractivity contribution is 6.43. The molecule has 1 amide bonds. The largest absolute Gasteiger partial charge is 0.451 e. The maximum atomic E-state index is 12.7. The standard InChI is InChI=1S/C24H13Cl3N2O3/c25-16-9-8-13(12-15(16)24-29-18-6-1-2-7-20(18)32-24)28-23(30)21-11-10-19(31-21)14-4-3-5-17(26)22(14)27/h1-12H,(H,28,30). The number of nitrogens with zero attached hydrogens (tertiary/aromatic N) is 1. The summed E-state index contributed by atoms with van der Waals surface area (Å²) < 4.78 is 11.5. The Hall–Kier alpha value is -3.25. The normalized spacial score (nSPS) is 11.1. The minimum Gasteiger partial charge on any atom is -0.451 e. The minimum atomic E-state index is -0.430. The van der Waals surface area contributed by atoms with Crippen molar-refractivity contribution in [2.24, 2.45) is 0 Å². The Morgan fingerprint density at radius 2 is 1.66 bits per heavy atom. The fraction of sp³-hybridized carbons (Fsp3) is 0. The van der Waals surface area contributed by atoms with E-state index >= 15 is 0 Å². The Labute approximate surface area is 197 Å². The van der Waals surface area contributed by atoms with E-state index in [1.165, 1.54) is 0 Å². The summed E-state index contributed by atoms with van der Waals surface area (Å²) >= 11 is 18.7. The summed E-state index contributed by atoms with van der Waals surface area (Å²) in [5.41, 5.74) is 3.04. The van der Waals surface area contributed by atoms with Crippen molar-refractivity contribution in [3.05, 3.63) is 93.6 Å². The van der Waals surface area contributed by atoms with Crippen molar-refractivity contribution in [2.75, 3.05) is 5.32 Å². The third-order valence-electron chi connectivity index (χ3n) is 4.80. The van der Waals surface area contributed by atoms with Gasteiger partial charge in [-0.05, 0) is 54.6 Å². The summed E-state index contributed by atoms with van der Waals surface area (Å²) in [7, 11) is 0. The number of hydrogen-bond donors (Lipinski definition) is 1. The van der Waals surface area contributed by atoms with Crippen LogP contribution in [0.15, 0.2) is 81.6 Å². The van der Waals surface area contributed by atoms with Gasteiger partial charge in [0.2, 0.25) is 5.89 Å². The van der Waals surface area contributed by atoms with Gasteiger partial charge in [0.15, 0.2) is 11.3 Å². The molecule has 0 atom stereocenters. The van der Waals surface area contributed by atoms with Gasteiger partial charge >= 0.3 is 0 Å². The quantitative estimate of drug-likeness (QED) is 0.281. The molecule has 5 nitrogen and oxygen atoms in total. The maximum absolute atomic E-state index is 12.7. The Morgan fingerprint density at radius 3 is 2.50 bits per heavy atom. The number of amides is 1. The first kappa shape index (κ1) is 20.6. The van der Waals surface area contributed by atoms with E-state index in [0.29, 0.717) is 49.1 Å². The number of rotatable bonds is 4. The molecule has 158 valence electrons. The average molecular weight is 484 g/mol. The van der Waals surface area contributed by atoms with Gasteiger partial charge in [-0.3, -0.25) is 4.79 Å². The smallest absolute Gasteiger partial charge is 0.291 e. The average Bonchev–Trinajstić information content (AvgIpc) is 3.44. The molecule has 5 aromatic rings. The number of carbonyl (C=O) groups is 1. The number of hydrogen-bond acceptors (Lipinski definition) is 4. The van der Waals surface area contributed by atoms with Crippen molar-refractivity contribution in [3.8, 4) is 22.8 Å². The molecule has 0 fully saturated rings. The lowest BCUT2D eigenvalue weighted by molar-refractivity contribution is 0.0997. The third kappa shape index (κ3) is 3.86. The van der Waals surface area contributed by atoms with Crippen LogP contribution in [0.3, 0.4) is 0 Å². The van der Waals surface area contributed by atoms with Gasteiger partial charge in [-0.1, -0.05) is 53.0 Å². The Kier molecular flexibility index (Phi) is 5.39. The lowest BCUT2D eigenvalue weighted by atomic mass is 10.2. The van der Waals surface area contributed by atoms with Gasteiger partial charge in [-0.15, -0.1) is 0 Å². The molecule has 0 bridgehead atoms. The van der Waals surface area contributed by atoms with E-state index < -0.39 is 5.91 Å². The number of para-hydroxylation sites is 2. The lowest BCUT2D eigenvalue weighted by Gasteiger charge is -2.07. The van der Waals surface area contributed by atoms with Crippen LogP contribution in [0.4, 0.5) is 5.69 Å². The molecule has 0 radical (unpaired) electrons. The van der Waals surface area contributed by atoms with Crippen molar-refractivity contribution in [1.82, 2.24) is 4.98 Å². The lowest BCUT2D eigenvalue weighted by Crippen LogP contribution is -2.10.